The molecule has 4 nitrogen and oxygen atoms in total. The molecule has 4 heteroatoms. The van der Waals surface area contributed by atoms with Crippen LogP contribution in [0.5, 0.6) is 5.75 Å². The lowest BCUT2D eigenvalue weighted by Crippen LogP contribution is -2.30. The summed E-state index contributed by atoms with van der Waals surface area (Å²) < 4.78 is 5.06. The van der Waals surface area contributed by atoms with E-state index >= 15 is 0 Å². The van der Waals surface area contributed by atoms with Gasteiger partial charge >= 0.3 is 0 Å². The van der Waals surface area contributed by atoms with Gasteiger partial charge in [-0.1, -0.05) is 6.92 Å². The largest absolute Gasteiger partial charge is 0.495 e. The van der Waals surface area contributed by atoms with Crippen molar-refractivity contribution in [3.05, 3.63) is 18.3 Å². The molecular weight excluding hydrogens is 190 g/mol. The summed E-state index contributed by atoms with van der Waals surface area (Å²) in [5, 5.41) is 0. The lowest BCUT2D eigenvalue weighted by atomic mass is 10.3. The van der Waals surface area contributed by atoms with Crippen LogP contribution in [-0.2, 0) is 0 Å². The van der Waals surface area contributed by atoms with Crippen molar-refractivity contribution < 1.29 is 4.74 Å². The lowest BCUT2D eigenvalue weighted by molar-refractivity contribution is 0.413. The number of methoxy groups -OCH3 is 1. The minimum Gasteiger partial charge on any atom is -0.495 e. The van der Waals surface area contributed by atoms with E-state index in [1.807, 2.05) is 12.1 Å². The highest BCUT2D eigenvalue weighted by Gasteiger charge is 2.05. The highest BCUT2D eigenvalue weighted by atomic mass is 16.5. The second-order valence-corrected chi connectivity index (χ2v) is 3.33. The molecule has 0 atom stereocenters. The first kappa shape index (κ1) is 11.8. The summed E-state index contributed by atoms with van der Waals surface area (Å²) in [4.78, 5) is 6.51. The van der Waals surface area contributed by atoms with Gasteiger partial charge in [-0.15, -0.1) is 0 Å². The van der Waals surface area contributed by atoms with Crippen molar-refractivity contribution in [2.45, 2.75) is 13.3 Å². The second-order valence-electron chi connectivity index (χ2n) is 3.33. The van der Waals surface area contributed by atoms with Gasteiger partial charge in [-0.25, -0.2) is 4.98 Å². The Morgan fingerprint density at radius 1 is 1.40 bits per heavy atom. The summed E-state index contributed by atoms with van der Waals surface area (Å²) in [6.07, 6.45) is 2.82. The van der Waals surface area contributed by atoms with Crippen LogP contribution in [-0.4, -0.2) is 31.7 Å². The molecule has 0 aliphatic heterocycles. The fourth-order valence-electron chi connectivity index (χ4n) is 1.45. The van der Waals surface area contributed by atoms with Crippen LogP contribution in [0.15, 0.2) is 18.3 Å². The van der Waals surface area contributed by atoms with E-state index in [0.717, 1.165) is 31.1 Å². The van der Waals surface area contributed by atoms with Crippen molar-refractivity contribution in [3.63, 3.8) is 0 Å². The Labute approximate surface area is 91.1 Å². The van der Waals surface area contributed by atoms with E-state index in [1.54, 1.807) is 13.3 Å². The zero-order chi connectivity index (χ0) is 11.1. The molecule has 0 saturated heterocycles. The standard InChI is InChI=1S/C11H19N3O/c1-3-7-14(8-6-12)11-5-4-10(15-2)9-13-11/h4-5,9H,3,6-8,12H2,1-2H3. The van der Waals surface area contributed by atoms with Crippen LogP contribution in [0.4, 0.5) is 5.82 Å². The second kappa shape index (κ2) is 6.24. The van der Waals surface area contributed by atoms with E-state index in [1.165, 1.54) is 0 Å². The molecule has 2 N–H and O–H groups in total. The third kappa shape index (κ3) is 3.40. The maximum absolute atomic E-state index is 5.56. The van der Waals surface area contributed by atoms with Gasteiger partial charge in [0.25, 0.3) is 0 Å². The third-order valence-electron chi connectivity index (χ3n) is 2.17. The summed E-state index contributed by atoms with van der Waals surface area (Å²) in [5.74, 6) is 1.74. The molecular formula is C11H19N3O. The van der Waals surface area contributed by atoms with E-state index in [9.17, 15) is 0 Å². The van der Waals surface area contributed by atoms with Gasteiger partial charge in [0.05, 0.1) is 13.3 Å². The molecule has 0 aliphatic carbocycles. The molecule has 0 radical (unpaired) electrons. The SMILES string of the molecule is CCCN(CCN)c1ccc(OC)cn1. The zero-order valence-corrected chi connectivity index (χ0v) is 9.44. The Bertz CT molecular complexity index is 268. The molecule has 1 aromatic heterocycles. The molecule has 84 valence electrons. The number of hydrogen-bond donors (Lipinski definition) is 1. The number of hydrogen-bond acceptors (Lipinski definition) is 4. The molecule has 0 aliphatic rings. The number of nitrogens with two attached hydrogens (primary N) is 1. The van der Waals surface area contributed by atoms with Gasteiger partial charge in [0.15, 0.2) is 0 Å². The third-order valence-corrected chi connectivity index (χ3v) is 2.17. The van der Waals surface area contributed by atoms with Crippen LogP contribution in [0.25, 0.3) is 0 Å². The maximum atomic E-state index is 5.56. The fraction of sp³-hybridized carbons (Fsp3) is 0.545. The minimum absolute atomic E-state index is 0.647. The number of ether oxygens (including phenoxy) is 1. The van der Waals surface area contributed by atoms with Crippen molar-refractivity contribution in [2.75, 3.05) is 31.6 Å². The number of anilines is 1. The Hall–Kier alpha value is -1.29. The number of nitrogens with zero attached hydrogens (tertiary/aromatic N) is 2. The first-order valence-electron chi connectivity index (χ1n) is 5.26. The van der Waals surface area contributed by atoms with Gasteiger partial charge in [-0.05, 0) is 18.6 Å². The van der Waals surface area contributed by atoms with Gasteiger partial charge in [-0.3, -0.25) is 0 Å². The zero-order valence-electron chi connectivity index (χ0n) is 9.44. The van der Waals surface area contributed by atoms with Gasteiger partial charge in [0, 0.05) is 19.6 Å². The molecule has 1 rings (SSSR count). The quantitative estimate of drug-likeness (QED) is 0.766. The Kier molecular flexibility index (Phi) is 4.90. The van der Waals surface area contributed by atoms with Crippen LogP contribution >= 0.6 is 0 Å². The summed E-state index contributed by atoms with van der Waals surface area (Å²) in [5.41, 5.74) is 5.56. The predicted octanol–water partition coefficient (Wildman–Crippen LogP) is 1.27. The van der Waals surface area contributed by atoms with E-state index in [0.29, 0.717) is 6.54 Å². The van der Waals surface area contributed by atoms with Crippen LogP contribution in [0.2, 0.25) is 0 Å². The Morgan fingerprint density at radius 3 is 2.67 bits per heavy atom. The highest BCUT2D eigenvalue weighted by molar-refractivity contribution is 5.40. The van der Waals surface area contributed by atoms with E-state index in [2.05, 4.69) is 16.8 Å². The molecule has 0 fully saturated rings. The number of rotatable bonds is 6. The number of aromatic nitrogens is 1. The molecule has 0 unspecified atom stereocenters. The summed E-state index contributed by atoms with van der Waals surface area (Å²) in [6.45, 7) is 4.62. The first-order valence-corrected chi connectivity index (χ1v) is 5.26. The Morgan fingerprint density at radius 2 is 2.20 bits per heavy atom. The fourth-order valence-corrected chi connectivity index (χ4v) is 1.45. The predicted molar refractivity (Wildman–Crippen MR) is 62.3 cm³/mol. The van der Waals surface area contributed by atoms with Crippen molar-refractivity contribution in [3.8, 4) is 5.75 Å². The van der Waals surface area contributed by atoms with E-state index in [4.69, 9.17) is 10.5 Å². The van der Waals surface area contributed by atoms with Gasteiger partial charge in [0.1, 0.15) is 11.6 Å². The lowest BCUT2D eigenvalue weighted by Gasteiger charge is -2.22. The summed E-state index contributed by atoms with van der Waals surface area (Å²) >= 11 is 0. The van der Waals surface area contributed by atoms with Crippen LogP contribution in [0, 0.1) is 0 Å². The molecule has 0 spiro atoms. The van der Waals surface area contributed by atoms with Gasteiger partial charge < -0.3 is 15.4 Å². The van der Waals surface area contributed by atoms with Crippen molar-refractivity contribution >= 4 is 5.82 Å². The van der Waals surface area contributed by atoms with E-state index < -0.39 is 0 Å². The summed E-state index contributed by atoms with van der Waals surface area (Å²) in [6, 6.07) is 3.88. The average Bonchev–Trinajstić information content (AvgIpc) is 2.29. The summed E-state index contributed by atoms with van der Waals surface area (Å²) in [7, 11) is 1.64. The molecule has 15 heavy (non-hydrogen) atoms. The van der Waals surface area contributed by atoms with Crippen molar-refractivity contribution in [1.29, 1.82) is 0 Å². The van der Waals surface area contributed by atoms with Crippen LogP contribution < -0.4 is 15.4 Å². The van der Waals surface area contributed by atoms with Gasteiger partial charge in [0.2, 0.25) is 0 Å². The topological polar surface area (TPSA) is 51.4 Å². The Balaban J connectivity index is 2.72. The average molecular weight is 209 g/mol. The molecule has 0 bridgehead atoms. The smallest absolute Gasteiger partial charge is 0.137 e. The number of pyridine rings is 1. The molecule has 0 aromatic carbocycles. The minimum atomic E-state index is 0.647. The molecule has 1 heterocycles. The monoisotopic (exact) mass is 209 g/mol. The van der Waals surface area contributed by atoms with Gasteiger partial charge in [-0.2, -0.15) is 0 Å². The maximum Gasteiger partial charge on any atom is 0.137 e. The van der Waals surface area contributed by atoms with E-state index in [-0.39, 0.29) is 0 Å². The first-order chi connectivity index (χ1) is 7.31. The van der Waals surface area contributed by atoms with Crippen LogP contribution in [0.1, 0.15) is 13.3 Å². The molecule has 0 amide bonds. The van der Waals surface area contributed by atoms with Crippen LogP contribution in [0.3, 0.4) is 0 Å². The highest BCUT2D eigenvalue weighted by Crippen LogP contribution is 2.15. The normalized spacial score (nSPS) is 10.1. The molecule has 0 saturated carbocycles. The van der Waals surface area contributed by atoms with Crippen molar-refractivity contribution in [2.24, 2.45) is 5.73 Å². The molecule has 1 aromatic rings. The van der Waals surface area contributed by atoms with Crippen molar-refractivity contribution in [1.82, 2.24) is 4.98 Å².